The fraction of sp³-hybridized carbons (Fsp3) is 0.625. The van der Waals surface area contributed by atoms with Gasteiger partial charge < -0.3 is 15.2 Å². The molecule has 1 saturated heterocycles. The van der Waals surface area contributed by atoms with Crippen molar-refractivity contribution < 1.29 is 18.3 Å². The van der Waals surface area contributed by atoms with Gasteiger partial charge in [-0.25, -0.2) is 13.1 Å². The van der Waals surface area contributed by atoms with Crippen LogP contribution in [0.2, 0.25) is 0 Å². The molecule has 2 aliphatic rings. The molecular weight excluding hydrogens is 316 g/mol. The molecule has 1 aromatic rings. The van der Waals surface area contributed by atoms with Gasteiger partial charge in [-0.15, -0.1) is 0 Å². The summed E-state index contributed by atoms with van der Waals surface area (Å²) >= 11 is 0. The van der Waals surface area contributed by atoms with Gasteiger partial charge in [0.05, 0.1) is 29.8 Å². The van der Waals surface area contributed by atoms with Gasteiger partial charge in [0.15, 0.2) is 0 Å². The molecule has 3 unspecified atom stereocenters. The highest BCUT2D eigenvalue weighted by atomic mass is 32.2. The molecule has 0 aromatic heterocycles. The summed E-state index contributed by atoms with van der Waals surface area (Å²) in [6.45, 7) is 2.39. The first-order valence-corrected chi connectivity index (χ1v) is 9.56. The maximum Gasteiger partial charge on any atom is 0.240 e. The quantitative estimate of drug-likeness (QED) is 0.704. The zero-order valence-electron chi connectivity index (χ0n) is 13.2. The summed E-state index contributed by atoms with van der Waals surface area (Å²) in [5.74, 6) is 0. The predicted octanol–water partition coefficient (Wildman–Crippen LogP) is 0.544. The molecule has 0 amide bonds. The minimum absolute atomic E-state index is 0.0697. The van der Waals surface area contributed by atoms with Crippen LogP contribution < -0.4 is 10.0 Å². The van der Waals surface area contributed by atoms with E-state index in [1.54, 1.807) is 24.3 Å². The van der Waals surface area contributed by atoms with E-state index in [4.69, 9.17) is 4.74 Å². The first-order chi connectivity index (χ1) is 11.0. The van der Waals surface area contributed by atoms with Gasteiger partial charge in [0, 0.05) is 12.6 Å². The van der Waals surface area contributed by atoms with E-state index >= 15 is 0 Å². The Hall–Kier alpha value is -0.990. The lowest BCUT2D eigenvalue weighted by atomic mass is 9.92. The van der Waals surface area contributed by atoms with Gasteiger partial charge in [-0.05, 0) is 31.9 Å². The summed E-state index contributed by atoms with van der Waals surface area (Å²) in [4.78, 5) is 0.222. The second-order valence-electron chi connectivity index (χ2n) is 6.43. The van der Waals surface area contributed by atoms with Crippen LogP contribution in [0.25, 0.3) is 0 Å². The number of aliphatic hydroxyl groups is 1. The monoisotopic (exact) mass is 340 g/mol. The van der Waals surface area contributed by atoms with Crippen molar-refractivity contribution >= 4 is 10.0 Å². The molecule has 6 nitrogen and oxygen atoms in total. The summed E-state index contributed by atoms with van der Waals surface area (Å²) < 4.78 is 32.6. The van der Waals surface area contributed by atoms with E-state index in [0.717, 1.165) is 18.4 Å². The van der Waals surface area contributed by atoms with Crippen LogP contribution in [0.4, 0.5) is 0 Å². The van der Waals surface area contributed by atoms with Crippen LogP contribution in [0.1, 0.15) is 24.8 Å². The smallest absolute Gasteiger partial charge is 0.240 e. The topological polar surface area (TPSA) is 87.7 Å². The number of sulfonamides is 1. The van der Waals surface area contributed by atoms with E-state index in [1.165, 1.54) is 6.42 Å². The number of hydrogen-bond donors (Lipinski definition) is 3. The van der Waals surface area contributed by atoms with E-state index in [1.807, 2.05) is 6.92 Å². The average molecular weight is 340 g/mol. The van der Waals surface area contributed by atoms with Crippen LogP contribution in [0.3, 0.4) is 0 Å². The molecule has 3 N–H and O–H groups in total. The molecule has 1 aromatic carbocycles. The molecule has 1 heterocycles. The minimum atomic E-state index is -3.58. The summed E-state index contributed by atoms with van der Waals surface area (Å²) in [5, 5.41) is 13.7. The van der Waals surface area contributed by atoms with Crippen molar-refractivity contribution in [1.29, 1.82) is 0 Å². The van der Waals surface area contributed by atoms with E-state index in [-0.39, 0.29) is 17.5 Å². The highest BCUT2D eigenvalue weighted by Crippen LogP contribution is 2.22. The largest absolute Gasteiger partial charge is 0.389 e. The Balaban J connectivity index is 1.54. The Morgan fingerprint density at radius 2 is 1.96 bits per heavy atom. The fourth-order valence-electron chi connectivity index (χ4n) is 2.88. The first kappa shape index (κ1) is 16.9. The zero-order valence-corrected chi connectivity index (χ0v) is 14.1. The van der Waals surface area contributed by atoms with Crippen molar-refractivity contribution in [3.63, 3.8) is 0 Å². The van der Waals surface area contributed by atoms with Crippen LogP contribution in [0.15, 0.2) is 29.2 Å². The number of rotatable bonds is 6. The third kappa shape index (κ3) is 3.92. The Morgan fingerprint density at radius 1 is 1.26 bits per heavy atom. The Kier molecular flexibility index (Phi) is 5.03. The number of benzene rings is 1. The van der Waals surface area contributed by atoms with Gasteiger partial charge in [0.25, 0.3) is 0 Å². The molecular formula is C16H24N2O4S. The molecule has 0 spiro atoms. The molecule has 2 fully saturated rings. The maximum atomic E-state index is 12.3. The predicted molar refractivity (Wildman–Crippen MR) is 86.7 cm³/mol. The van der Waals surface area contributed by atoms with Crippen molar-refractivity contribution in [3.05, 3.63) is 29.8 Å². The van der Waals surface area contributed by atoms with Gasteiger partial charge in [0.2, 0.25) is 10.0 Å². The SMILES string of the molecule is Cc1ccc(S(=O)(=O)NCC2OCC(NC3CCC3)C2O)cc1. The molecule has 0 bridgehead atoms. The number of aliphatic hydroxyl groups excluding tert-OH is 1. The van der Waals surface area contributed by atoms with Crippen LogP contribution in [0.5, 0.6) is 0 Å². The lowest BCUT2D eigenvalue weighted by Gasteiger charge is -2.30. The Labute approximate surface area is 137 Å². The van der Waals surface area contributed by atoms with Crippen LogP contribution in [0, 0.1) is 6.92 Å². The van der Waals surface area contributed by atoms with E-state index in [9.17, 15) is 13.5 Å². The number of aryl methyl sites for hydroxylation is 1. The summed E-state index contributed by atoms with van der Waals surface area (Å²) in [7, 11) is -3.58. The first-order valence-electron chi connectivity index (χ1n) is 8.08. The molecule has 128 valence electrons. The second-order valence-corrected chi connectivity index (χ2v) is 8.20. The van der Waals surface area contributed by atoms with Crippen molar-refractivity contribution in [2.45, 2.75) is 55.4 Å². The van der Waals surface area contributed by atoms with Gasteiger partial charge in [-0.3, -0.25) is 0 Å². The summed E-state index contributed by atoms with van der Waals surface area (Å²) in [6, 6.07) is 7.01. The highest BCUT2D eigenvalue weighted by Gasteiger charge is 2.38. The van der Waals surface area contributed by atoms with E-state index in [2.05, 4.69) is 10.0 Å². The molecule has 3 rings (SSSR count). The minimum Gasteiger partial charge on any atom is -0.389 e. The molecule has 1 aliphatic heterocycles. The van der Waals surface area contributed by atoms with Crippen molar-refractivity contribution in [1.82, 2.24) is 10.0 Å². The fourth-order valence-corrected chi connectivity index (χ4v) is 3.92. The number of nitrogens with one attached hydrogen (secondary N) is 2. The molecule has 0 radical (unpaired) electrons. The van der Waals surface area contributed by atoms with Gasteiger partial charge in [-0.2, -0.15) is 0 Å². The summed E-state index contributed by atoms with van der Waals surface area (Å²) in [5.41, 5.74) is 1.00. The molecule has 3 atom stereocenters. The maximum absolute atomic E-state index is 12.3. The molecule has 1 aliphatic carbocycles. The van der Waals surface area contributed by atoms with Gasteiger partial charge in [0.1, 0.15) is 0 Å². The van der Waals surface area contributed by atoms with Gasteiger partial charge in [-0.1, -0.05) is 24.1 Å². The lowest BCUT2D eigenvalue weighted by Crippen LogP contribution is -2.50. The second kappa shape index (κ2) is 6.86. The number of hydrogen-bond acceptors (Lipinski definition) is 5. The molecule has 23 heavy (non-hydrogen) atoms. The molecule has 1 saturated carbocycles. The zero-order chi connectivity index (χ0) is 16.4. The molecule has 7 heteroatoms. The van der Waals surface area contributed by atoms with Crippen molar-refractivity contribution in [2.75, 3.05) is 13.2 Å². The van der Waals surface area contributed by atoms with E-state index < -0.39 is 22.2 Å². The van der Waals surface area contributed by atoms with Crippen LogP contribution >= 0.6 is 0 Å². The van der Waals surface area contributed by atoms with Crippen LogP contribution in [-0.4, -0.2) is 51.0 Å². The standard InChI is InChI=1S/C16H24N2O4S/c1-11-5-7-13(8-6-11)23(20,21)17-9-15-16(19)14(10-22-15)18-12-3-2-4-12/h5-8,12,14-19H,2-4,9-10H2,1H3. The average Bonchev–Trinajstić information content (AvgIpc) is 2.82. The summed E-state index contributed by atoms with van der Waals surface area (Å²) in [6.07, 6.45) is 2.27. The lowest BCUT2D eigenvalue weighted by molar-refractivity contribution is 0.0436. The third-order valence-corrected chi connectivity index (χ3v) is 6.08. The van der Waals surface area contributed by atoms with Crippen molar-refractivity contribution in [2.24, 2.45) is 0 Å². The van der Waals surface area contributed by atoms with Crippen molar-refractivity contribution in [3.8, 4) is 0 Å². The Bertz CT molecular complexity index is 628. The number of ether oxygens (including phenoxy) is 1. The Morgan fingerprint density at radius 3 is 2.57 bits per heavy atom. The van der Waals surface area contributed by atoms with E-state index in [0.29, 0.717) is 12.6 Å². The third-order valence-electron chi connectivity index (χ3n) is 4.64. The van der Waals surface area contributed by atoms with Crippen LogP contribution in [-0.2, 0) is 14.8 Å². The highest BCUT2D eigenvalue weighted by molar-refractivity contribution is 7.89. The van der Waals surface area contributed by atoms with Gasteiger partial charge >= 0.3 is 0 Å². The normalized spacial score (nSPS) is 28.7.